The average molecular weight is 182 g/mol. The molecule has 1 aromatic rings. The molecule has 2 aliphatic rings. The average Bonchev–Trinajstić information content (AvgIpc) is 2.29. The maximum Gasteiger partial charge on any atom is 0.0460 e. The van der Waals surface area contributed by atoms with Gasteiger partial charge in [-0.25, -0.2) is 0 Å². The lowest BCUT2D eigenvalue weighted by Crippen LogP contribution is -2.31. The van der Waals surface area contributed by atoms with Crippen molar-refractivity contribution >= 4 is 23.5 Å². The molecule has 2 heterocycles. The van der Waals surface area contributed by atoms with E-state index in [0.29, 0.717) is 0 Å². The van der Waals surface area contributed by atoms with Gasteiger partial charge in [-0.15, -0.1) is 0 Å². The second-order valence-electron chi connectivity index (χ2n) is 3.33. The highest BCUT2D eigenvalue weighted by atomic mass is 14.9. The third kappa shape index (κ3) is 0.973. The number of hydrogen-bond acceptors (Lipinski definition) is 2. The molecule has 0 atom stereocenters. The fraction of sp³-hybridized carbons (Fsp3) is 0. The molecular weight excluding hydrogens is 172 g/mol. The van der Waals surface area contributed by atoms with Crippen molar-refractivity contribution in [2.75, 3.05) is 10.6 Å². The first-order chi connectivity index (χ1) is 6.95. The summed E-state index contributed by atoms with van der Waals surface area (Å²) in [5, 5.41) is 8.96. The third-order valence-corrected chi connectivity index (χ3v) is 2.48. The van der Waals surface area contributed by atoms with Gasteiger partial charge in [-0.2, -0.15) is 0 Å². The summed E-state index contributed by atoms with van der Waals surface area (Å²) in [6.45, 7) is 0. The summed E-state index contributed by atoms with van der Waals surface area (Å²) in [7, 11) is 0. The van der Waals surface area contributed by atoms with E-state index < -0.39 is 0 Å². The molecule has 3 rings (SSSR count). The number of nitrogens with one attached hydrogen (secondary N) is 2. The van der Waals surface area contributed by atoms with Crippen LogP contribution in [0.3, 0.4) is 0 Å². The summed E-state index contributed by atoms with van der Waals surface area (Å²) >= 11 is 0. The van der Waals surface area contributed by atoms with Crippen LogP contribution in [0.5, 0.6) is 0 Å². The van der Waals surface area contributed by atoms with Crippen LogP contribution in [-0.4, -0.2) is 0 Å². The fourth-order valence-electron chi connectivity index (χ4n) is 1.81. The SMILES string of the molecule is C1=CNc2ccc3c(c2=C1)=CC=CN3. The lowest BCUT2D eigenvalue weighted by Gasteiger charge is -2.12. The molecule has 2 heteroatoms. The molecular formula is C12H10N2. The Labute approximate surface area is 82.0 Å². The van der Waals surface area contributed by atoms with Crippen LogP contribution in [0.25, 0.3) is 12.2 Å². The maximum absolute atomic E-state index is 3.23. The van der Waals surface area contributed by atoms with E-state index in [1.165, 1.54) is 21.8 Å². The Hall–Kier alpha value is -1.96. The van der Waals surface area contributed by atoms with Gasteiger partial charge in [0, 0.05) is 34.2 Å². The van der Waals surface area contributed by atoms with E-state index >= 15 is 0 Å². The fourth-order valence-corrected chi connectivity index (χ4v) is 1.81. The molecule has 0 saturated heterocycles. The molecule has 0 radical (unpaired) electrons. The molecule has 2 N–H and O–H groups in total. The van der Waals surface area contributed by atoms with E-state index in [1.807, 2.05) is 24.6 Å². The van der Waals surface area contributed by atoms with E-state index in [1.54, 1.807) is 0 Å². The zero-order valence-corrected chi connectivity index (χ0v) is 7.62. The predicted molar refractivity (Wildman–Crippen MR) is 60.1 cm³/mol. The van der Waals surface area contributed by atoms with Crippen LogP contribution in [0.4, 0.5) is 11.4 Å². The minimum atomic E-state index is 1.17. The Morgan fingerprint density at radius 3 is 1.71 bits per heavy atom. The summed E-state index contributed by atoms with van der Waals surface area (Å²) in [6.07, 6.45) is 12.2. The van der Waals surface area contributed by atoms with Gasteiger partial charge in [0.15, 0.2) is 0 Å². The Bertz CT molecular complexity index is 499. The number of hydrogen-bond donors (Lipinski definition) is 2. The molecule has 0 aliphatic carbocycles. The molecule has 0 unspecified atom stereocenters. The normalized spacial score (nSPS) is 15.4. The first-order valence-corrected chi connectivity index (χ1v) is 4.65. The molecule has 0 spiro atoms. The van der Waals surface area contributed by atoms with Gasteiger partial charge in [0.25, 0.3) is 0 Å². The molecule has 0 bridgehead atoms. The predicted octanol–water partition coefficient (Wildman–Crippen LogP) is 1.13. The molecule has 0 fully saturated rings. The van der Waals surface area contributed by atoms with Crippen LogP contribution < -0.4 is 21.1 Å². The molecule has 68 valence electrons. The molecule has 2 aliphatic heterocycles. The van der Waals surface area contributed by atoms with Crippen molar-refractivity contribution in [2.24, 2.45) is 0 Å². The number of anilines is 2. The van der Waals surface area contributed by atoms with Crippen molar-refractivity contribution in [2.45, 2.75) is 0 Å². The van der Waals surface area contributed by atoms with E-state index in [4.69, 9.17) is 0 Å². The summed E-state index contributed by atoms with van der Waals surface area (Å²) < 4.78 is 0. The number of fused-ring (bicyclic) bond motifs is 3. The van der Waals surface area contributed by atoms with Crippen molar-refractivity contribution in [3.63, 3.8) is 0 Å². The topological polar surface area (TPSA) is 24.1 Å². The van der Waals surface area contributed by atoms with E-state index in [0.717, 1.165) is 0 Å². The lowest BCUT2D eigenvalue weighted by atomic mass is 10.1. The minimum Gasteiger partial charge on any atom is -0.361 e. The van der Waals surface area contributed by atoms with Gasteiger partial charge in [0.05, 0.1) is 0 Å². The van der Waals surface area contributed by atoms with Crippen molar-refractivity contribution in [1.82, 2.24) is 0 Å². The van der Waals surface area contributed by atoms with Gasteiger partial charge in [0.1, 0.15) is 0 Å². The first-order valence-electron chi connectivity index (χ1n) is 4.65. The number of allylic oxidation sites excluding steroid dienone is 2. The third-order valence-electron chi connectivity index (χ3n) is 2.48. The molecule has 0 amide bonds. The van der Waals surface area contributed by atoms with E-state index in [9.17, 15) is 0 Å². The zero-order valence-electron chi connectivity index (χ0n) is 7.62. The summed E-state index contributed by atoms with van der Waals surface area (Å²) in [5.74, 6) is 0. The van der Waals surface area contributed by atoms with Crippen LogP contribution >= 0.6 is 0 Å². The van der Waals surface area contributed by atoms with Crippen molar-refractivity contribution in [3.8, 4) is 0 Å². The van der Waals surface area contributed by atoms with E-state index in [-0.39, 0.29) is 0 Å². The van der Waals surface area contributed by atoms with E-state index in [2.05, 4.69) is 34.9 Å². The summed E-state index contributed by atoms with van der Waals surface area (Å²) in [5.41, 5.74) is 2.33. The van der Waals surface area contributed by atoms with Crippen molar-refractivity contribution < 1.29 is 0 Å². The molecule has 0 aromatic heterocycles. The molecule has 1 aromatic carbocycles. The summed E-state index contributed by atoms with van der Waals surface area (Å²) in [6, 6.07) is 4.18. The van der Waals surface area contributed by atoms with Crippen LogP contribution in [0.2, 0.25) is 0 Å². The van der Waals surface area contributed by atoms with Gasteiger partial charge >= 0.3 is 0 Å². The Kier molecular flexibility index (Phi) is 1.47. The first kappa shape index (κ1) is 7.44. The highest BCUT2D eigenvalue weighted by molar-refractivity contribution is 5.68. The number of benzene rings is 1. The highest BCUT2D eigenvalue weighted by Crippen LogP contribution is 2.08. The van der Waals surface area contributed by atoms with Crippen molar-refractivity contribution in [1.29, 1.82) is 0 Å². The largest absolute Gasteiger partial charge is 0.361 e. The molecule has 2 nitrogen and oxygen atoms in total. The standard InChI is InChI=1S/C12H10N2/c1-3-9-10-4-2-8-14-12(10)6-5-11(9)13-7-1/h1-8,13-14H. The Balaban J connectivity index is 2.46. The quantitative estimate of drug-likeness (QED) is 0.628. The second kappa shape index (κ2) is 2.77. The van der Waals surface area contributed by atoms with Crippen LogP contribution in [0, 0.1) is 0 Å². The van der Waals surface area contributed by atoms with Crippen LogP contribution in [0.15, 0.2) is 36.7 Å². The minimum absolute atomic E-state index is 1.17. The zero-order chi connectivity index (χ0) is 9.38. The highest BCUT2D eigenvalue weighted by Gasteiger charge is 2.03. The van der Waals surface area contributed by atoms with Gasteiger partial charge in [-0.1, -0.05) is 12.2 Å². The monoisotopic (exact) mass is 182 g/mol. The smallest absolute Gasteiger partial charge is 0.0460 e. The molecule has 14 heavy (non-hydrogen) atoms. The summed E-state index contributed by atoms with van der Waals surface area (Å²) in [4.78, 5) is 0. The molecule has 0 saturated carbocycles. The van der Waals surface area contributed by atoms with Gasteiger partial charge in [0.2, 0.25) is 0 Å². The van der Waals surface area contributed by atoms with Crippen molar-refractivity contribution in [3.05, 3.63) is 47.1 Å². The van der Waals surface area contributed by atoms with Gasteiger partial charge in [-0.3, -0.25) is 0 Å². The van der Waals surface area contributed by atoms with Crippen LogP contribution in [0.1, 0.15) is 0 Å². The Morgan fingerprint density at radius 1 is 0.714 bits per heavy atom. The van der Waals surface area contributed by atoms with Gasteiger partial charge < -0.3 is 10.6 Å². The lowest BCUT2D eigenvalue weighted by molar-refractivity contribution is 1.41. The second-order valence-corrected chi connectivity index (χ2v) is 3.33. The Morgan fingerprint density at radius 2 is 1.21 bits per heavy atom. The maximum atomic E-state index is 3.23. The van der Waals surface area contributed by atoms with Gasteiger partial charge in [-0.05, 0) is 24.3 Å². The number of rotatable bonds is 0. The van der Waals surface area contributed by atoms with Crippen LogP contribution in [-0.2, 0) is 0 Å².